The van der Waals surface area contributed by atoms with Gasteiger partial charge in [0.05, 0.1) is 12.1 Å². The van der Waals surface area contributed by atoms with E-state index in [1.807, 2.05) is 13.8 Å². The van der Waals surface area contributed by atoms with E-state index in [4.69, 9.17) is 4.74 Å². The highest BCUT2D eigenvalue weighted by atomic mass is 32.1. The van der Waals surface area contributed by atoms with Crippen molar-refractivity contribution in [3.63, 3.8) is 0 Å². The zero-order valence-corrected chi connectivity index (χ0v) is 13.1. The van der Waals surface area contributed by atoms with Crippen molar-refractivity contribution < 1.29 is 17.9 Å². The van der Waals surface area contributed by atoms with Crippen molar-refractivity contribution in [1.29, 1.82) is 0 Å². The first-order valence-corrected chi connectivity index (χ1v) is 8.16. The maximum Gasteiger partial charge on any atom is 0.443 e. The zero-order valence-electron chi connectivity index (χ0n) is 12.2. The second-order valence-corrected chi connectivity index (χ2v) is 6.32. The van der Waals surface area contributed by atoms with Crippen LogP contribution in [0.2, 0.25) is 0 Å². The molecule has 2 rings (SSSR count). The minimum atomic E-state index is -4.38. The summed E-state index contributed by atoms with van der Waals surface area (Å²) < 4.78 is 44.0. The van der Waals surface area contributed by atoms with Gasteiger partial charge in [-0.1, -0.05) is 6.92 Å². The molecule has 2 unspecified atom stereocenters. The quantitative estimate of drug-likeness (QED) is 0.785. The summed E-state index contributed by atoms with van der Waals surface area (Å²) in [6.07, 6.45) is -0.0121. The molecule has 0 bridgehead atoms. The van der Waals surface area contributed by atoms with E-state index in [-0.39, 0.29) is 12.1 Å². The largest absolute Gasteiger partial charge is 0.443 e. The molecule has 1 fully saturated rings. The van der Waals surface area contributed by atoms with E-state index in [0.717, 1.165) is 37.1 Å². The lowest BCUT2D eigenvalue weighted by Gasteiger charge is -2.27. The summed E-state index contributed by atoms with van der Waals surface area (Å²) in [5.74, 6) is 0.441. The van der Waals surface area contributed by atoms with E-state index in [9.17, 15) is 13.2 Å². The predicted octanol–water partition coefficient (Wildman–Crippen LogP) is 4.02. The van der Waals surface area contributed by atoms with Gasteiger partial charge in [0.25, 0.3) is 0 Å². The first kappa shape index (κ1) is 16.7. The van der Waals surface area contributed by atoms with Crippen LogP contribution in [0.25, 0.3) is 0 Å². The maximum atomic E-state index is 12.7. The number of aromatic nitrogens is 1. The summed E-state index contributed by atoms with van der Waals surface area (Å²) in [6.45, 7) is 5.27. The Morgan fingerprint density at radius 3 is 2.62 bits per heavy atom. The maximum absolute atomic E-state index is 12.7. The van der Waals surface area contributed by atoms with E-state index in [1.54, 1.807) is 0 Å². The molecule has 120 valence electrons. The van der Waals surface area contributed by atoms with Crippen LogP contribution in [0.3, 0.4) is 0 Å². The van der Waals surface area contributed by atoms with Crippen LogP contribution in [0.5, 0.6) is 0 Å². The third-order valence-electron chi connectivity index (χ3n) is 3.46. The van der Waals surface area contributed by atoms with Gasteiger partial charge in [-0.05, 0) is 38.6 Å². The van der Waals surface area contributed by atoms with E-state index in [2.05, 4.69) is 10.3 Å². The Kier molecular flexibility index (Phi) is 5.62. The highest BCUT2D eigenvalue weighted by molar-refractivity contribution is 7.11. The molecule has 1 saturated carbocycles. The van der Waals surface area contributed by atoms with Gasteiger partial charge in [-0.25, -0.2) is 4.98 Å². The van der Waals surface area contributed by atoms with Gasteiger partial charge in [0.2, 0.25) is 0 Å². The fraction of sp³-hybridized carbons (Fsp3) is 0.786. The molecule has 0 spiro atoms. The van der Waals surface area contributed by atoms with Crippen LogP contribution < -0.4 is 5.32 Å². The summed E-state index contributed by atoms with van der Waals surface area (Å²) in [7, 11) is 0. The van der Waals surface area contributed by atoms with Gasteiger partial charge in [0.15, 0.2) is 5.01 Å². The molecule has 1 N–H and O–H groups in total. The molecule has 1 heterocycles. The average molecular weight is 322 g/mol. The Balaban J connectivity index is 2.19. The van der Waals surface area contributed by atoms with E-state index >= 15 is 0 Å². The number of alkyl halides is 3. The molecule has 0 aromatic carbocycles. The van der Waals surface area contributed by atoms with Crippen molar-refractivity contribution >= 4 is 11.3 Å². The molecular weight excluding hydrogens is 301 g/mol. The minimum absolute atomic E-state index is 0.0666. The fourth-order valence-electron chi connectivity index (χ4n) is 2.36. The molecule has 1 aromatic rings. The molecule has 0 radical (unpaired) electrons. The Morgan fingerprint density at radius 1 is 1.43 bits per heavy atom. The smallest absolute Gasteiger partial charge is 0.376 e. The molecule has 0 saturated heterocycles. The van der Waals surface area contributed by atoms with Gasteiger partial charge in [0.1, 0.15) is 0 Å². The Morgan fingerprint density at radius 2 is 2.14 bits per heavy atom. The second-order valence-electron chi connectivity index (χ2n) is 5.25. The number of hydrogen-bond donors (Lipinski definition) is 1. The highest BCUT2D eigenvalue weighted by Crippen LogP contribution is 2.42. The first-order valence-electron chi connectivity index (χ1n) is 7.35. The van der Waals surface area contributed by atoms with Gasteiger partial charge in [0, 0.05) is 17.7 Å². The van der Waals surface area contributed by atoms with Gasteiger partial charge in [-0.2, -0.15) is 13.2 Å². The molecule has 1 aromatic heterocycles. The van der Waals surface area contributed by atoms with Crippen LogP contribution in [0.1, 0.15) is 49.0 Å². The van der Waals surface area contributed by atoms with Crippen LogP contribution in [-0.2, 0) is 10.9 Å². The number of hydrogen-bond acceptors (Lipinski definition) is 4. The van der Waals surface area contributed by atoms with Gasteiger partial charge >= 0.3 is 6.18 Å². The summed E-state index contributed by atoms with van der Waals surface area (Å²) in [4.78, 5) is 4.15. The van der Waals surface area contributed by atoms with Crippen molar-refractivity contribution in [3.8, 4) is 0 Å². The number of thiazole rings is 1. The van der Waals surface area contributed by atoms with Crippen molar-refractivity contribution in [1.82, 2.24) is 10.3 Å². The minimum Gasteiger partial charge on any atom is -0.376 e. The van der Waals surface area contributed by atoms with Gasteiger partial charge in [-0.15, -0.1) is 11.3 Å². The monoisotopic (exact) mass is 322 g/mol. The predicted molar refractivity (Wildman–Crippen MR) is 76.3 cm³/mol. The lowest BCUT2D eigenvalue weighted by Crippen LogP contribution is -2.35. The number of nitrogens with zero attached hydrogens (tertiary/aromatic N) is 1. The molecule has 1 aliphatic rings. The van der Waals surface area contributed by atoms with Crippen LogP contribution in [0.4, 0.5) is 13.2 Å². The Hall–Kier alpha value is -0.660. The topological polar surface area (TPSA) is 34.2 Å². The fourth-order valence-corrected chi connectivity index (χ4v) is 3.26. The molecule has 7 heteroatoms. The van der Waals surface area contributed by atoms with Crippen molar-refractivity contribution in [3.05, 3.63) is 16.1 Å². The standard InChI is InChI=1S/C14H21F3N2OS/c1-3-7-18-11(12(20-4-2)9-5-6-9)10-8-19-13(21-10)14(15,16)17/h8-9,11-12,18H,3-7H2,1-2H3. The van der Waals surface area contributed by atoms with E-state index in [1.165, 1.54) is 6.20 Å². The lowest BCUT2D eigenvalue weighted by atomic mass is 10.1. The van der Waals surface area contributed by atoms with E-state index < -0.39 is 11.2 Å². The van der Waals surface area contributed by atoms with Crippen molar-refractivity contribution in [2.24, 2.45) is 5.92 Å². The van der Waals surface area contributed by atoms with E-state index in [0.29, 0.717) is 17.4 Å². The zero-order chi connectivity index (χ0) is 15.5. The summed E-state index contributed by atoms with van der Waals surface area (Å²) in [6, 6.07) is -0.203. The van der Waals surface area contributed by atoms with Crippen LogP contribution in [0.15, 0.2) is 6.20 Å². The SMILES string of the molecule is CCCNC(c1cnc(C(F)(F)F)s1)C(OCC)C1CC1. The summed E-state index contributed by atoms with van der Waals surface area (Å²) in [5.41, 5.74) is 0. The van der Waals surface area contributed by atoms with Crippen LogP contribution >= 0.6 is 11.3 Å². The summed E-state index contributed by atoms with van der Waals surface area (Å²) >= 11 is 0.719. The number of nitrogens with one attached hydrogen (secondary N) is 1. The molecule has 1 aliphatic carbocycles. The number of halogens is 3. The average Bonchev–Trinajstić information content (AvgIpc) is 3.13. The normalized spacial score (nSPS) is 18.7. The third-order valence-corrected chi connectivity index (χ3v) is 4.59. The first-order chi connectivity index (χ1) is 9.97. The molecule has 21 heavy (non-hydrogen) atoms. The van der Waals surface area contributed by atoms with Crippen molar-refractivity contribution in [2.45, 2.75) is 51.4 Å². The Bertz CT molecular complexity index is 446. The molecule has 0 amide bonds. The lowest BCUT2D eigenvalue weighted by molar-refractivity contribution is -0.137. The third kappa shape index (κ3) is 4.40. The molecule has 0 aliphatic heterocycles. The molecular formula is C14H21F3N2OS. The van der Waals surface area contributed by atoms with Gasteiger partial charge in [-0.3, -0.25) is 0 Å². The molecule has 3 nitrogen and oxygen atoms in total. The number of ether oxygens (including phenoxy) is 1. The Labute approximate surface area is 126 Å². The molecule has 2 atom stereocenters. The summed E-state index contributed by atoms with van der Waals surface area (Å²) in [5, 5.41) is 2.55. The number of rotatable bonds is 8. The highest BCUT2D eigenvalue weighted by Gasteiger charge is 2.40. The van der Waals surface area contributed by atoms with Gasteiger partial charge < -0.3 is 10.1 Å². The van der Waals surface area contributed by atoms with Crippen LogP contribution in [-0.4, -0.2) is 24.2 Å². The van der Waals surface area contributed by atoms with Crippen LogP contribution in [0, 0.1) is 5.92 Å². The van der Waals surface area contributed by atoms with Crippen molar-refractivity contribution in [2.75, 3.05) is 13.2 Å². The second kappa shape index (κ2) is 7.07.